The Labute approximate surface area is 486 Å². The normalized spacial score (nSPS) is 12.2. The third-order valence-corrected chi connectivity index (χ3v) is 15.9. The monoisotopic (exact) mass is 1100 g/mol. The molecule has 78 heavy (non-hydrogen) atoms. The van der Waals surface area contributed by atoms with E-state index in [9.17, 15) is 14.4 Å². The summed E-state index contributed by atoms with van der Waals surface area (Å²) >= 11 is 0. The van der Waals surface area contributed by atoms with Gasteiger partial charge in [0.25, 0.3) is 0 Å². The van der Waals surface area contributed by atoms with Gasteiger partial charge in [-0.1, -0.05) is 346 Å². The van der Waals surface area contributed by atoms with Crippen molar-refractivity contribution in [3.05, 3.63) is 36.5 Å². The zero-order valence-electron chi connectivity index (χ0n) is 52.7. The fraction of sp³-hybridized carbons (Fsp3) is 0.875. The van der Waals surface area contributed by atoms with Crippen LogP contribution in [0.15, 0.2) is 36.5 Å². The molecule has 0 aliphatic carbocycles. The molecule has 0 fully saturated rings. The third-order valence-electron chi connectivity index (χ3n) is 15.9. The van der Waals surface area contributed by atoms with Gasteiger partial charge in [-0.15, -0.1) is 0 Å². The number of carbonyl (C=O) groups is 3. The van der Waals surface area contributed by atoms with E-state index in [0.717, 1.165) is 70.6 Å². The first-order valence-corrected chi connectivity index (χ1v) is 35.0. The number of hydrogen-bond acceptors (Lipinski definition) is 6. The molecule has 0 radical (unpaired) electrons. The van der Waals surface area contributed by atoms with Crippen LogP contribution in [0.2, 0.25) is 0 Å². The van der Waals surface area contributed by atoms with E-state index in [1.165, 1.54) is 276 Å². The molecular formula is C72H134O6. The quantitative estimate of drug-likeness (QED) is 0.0261. The highest BCUT2D eigenvalue weighted by Crippen LogP contribution is 2.18. The highest BCUT2D eigenvalue weighted by atomic mass is 16.6. The van der Waals surface area contributed by atoms with Crippen molar-refractivity contribution in [2.24, 2.45) is 0 Å². The summed E-state index contributed by atoms with van der Waals surface area (Å²) in [5.41, 5.74) is 0. The molecule has 6 heteroatoms. The summed E-state index contributed by atoms with van der Waals surface area (Å²) in [4.78, 5) is 38.4. The van der Waals surface area contributed by atoms with E-state index < -0.39 is 6.10 Å². The fourth-order valence-electron chi connectivity index (χ4n) is 10.6. The predicted molar refractivity (Wildman–Crippen MR) is 339 cm³/mol. The molecule has 6 nitrogen and oxygen atoms in total. The molecule has 0 aliphatic heterocycles. The number of hydrogen-bond donors (Lipinski definition) is 0. The smallest absolute Gasteiger partial charge is 0.306 e. The Bertz CT molecular complexity index is 1300. The summed E-state index contributed by atoms with van der Waals surface area (Å²) < 4.78 is 17.0. The topological polar surface area (TPSA) is 78.9 Å². The summed E-state index contributed by atoms with van der Waals surface area (Å²) in [6.45, 7) is 6.70. The van der Waals surface area contributed by atoms with Crippen LogP contribution in [0.3, 0.4) is 0 Å². The van der Waals surface area contributed by atoms with Crippen molar-refractivity contribution >= 4 is 17.9 Å². The molecule has 0 aliphatic rings. The van der Waals surface area contributed by atoms with Gasteiger partial charge >= 0.3 is 17.9 Å². The highest BCUT2D eigenvalue weighted by Gasteiger charge is 2.19. The number of esters is 3. The molecule has 0 rings (SSSR count). The molecule has 0 amide bonds. The number of carbonyl (C=O) groups excluding carboxylic acids is 3. The van der Waals surface area contributed by atoms with Crippen molar-refractivity contribution in [3.8, 4) is 0 Å². The van der Waals surface area contributed by atoms with Crippen LogP contribution in [0.4, 0.5) is 0 Å². The van der Waals surface area contributed by atoms with Gasteiger partial charge in [-0.2, -0.15) is 0 Å². The minimum atomic E-state index is -0.771. The largest absolute Gasteiger partial charge is 0.462 e. The lowest BCUT2D eigenvalue weighted by molar-refractivity contribution is -0.167. The number of rotatable bonds is 65. The van der Waals surface area contributed by atoms with Crippen LogP contribution in [0, 0.1) is 0 Å². The van der Waals surface area contributed by atoms with E-state index in [1.54, 1.807) is 0 Å². The molecule has 0 aromatic carbocycles. The average Bonchev–Trinajstić information content (AvgIpc) is 3.44. The number of ether oxygens (including phenoxy) is 3. The van der Waals surface area contributed by atoms with Gasteiger partial charge in [-0.3, -0.25) is 14.4 Å². The zero-order chi connectivity index (χ0) is 56.4. The minimum absolute atomic E-state index is 0.0669. The average molecular weight is 1100 g/mol. The maximum Gasteiger partial charge on any atom is 0.306 e. The summed E-state index contributed by atoms with van der Waals surface area (Å²) in [6.07, 6.45) is 83.0. The molecule has 458 valence electrons. The highest BCUT2D eigenvalue weighted by molar-refractivity contribution is 5.71. The van der Waals surface area contributed by atoms with Crippen LogP contribution >= 0.6 is 0 Å². The van der Waals surface area contributed by atoms with Crippen LogP contribution in [0.1, 0.15) is 387 Å². The Kier molecular flexibility index (Phi) is 65.1. The van der Waals surface area contributed by atoms with Gasteiger partial charge in [0, 0.05) is 19.3 Å². The molecule has 0 bridgehead atoms. The molecule has 0 N–H and O–H groups in total. The third kappa shape index (κ3) is 64.5. The Hall–Kier alpha value is -2.37. The SMILES string of the molecule is CCCCCCC/C=C\C/C=C\C/C=C\CCCCCCCCCCCCC(=O)OCC(COC(=O)CCCCCCCCCCCCCCCCC)OC(=O)CCCCCCCCCCCCCCCCCCCCCC. The zero-order valence-corrected chi connectivity index (χ0v) is 52.7. The van der Waals surface area contributed by atoms with Crippen LogP contribution < -0.4 is 0 Å². The number of unbranched alkanes of at least 4 members (excludes halogenated alkanes) is 48. The molecule has 0 aromatic heterocycles. The van der Waals surface area contributed by atoms with Gasteiger partial charge < -0.3 is 14.2 Å². The first kappa shape index (κ1) is 75.6. The Morgan fingerprint density at radius 3 is 0.718 bits per heavy atom. The Morgan fingerprint density at radius 1 is 0.256 bits per heavy atom. The first-order valence-electron chi connectivity index (χ1n) is 35.0. The van der Waals surface area contributed by atoms with Crippen molar-refractivity contribution in [3.63, 3.8) is 0 Å². The molecular weight excluding hydrogens is 961 g/mol. The Morgan fingerprint density at radius 2 is 0.462 bits per heavy atom. The second kappa shape index (κ2) is 67.1. The van der Waals surface area contributed by atoms with Gasteiger partial charge in [-0.05, 0) is 57.8 Å². The molecule has 0 heterocycles. The van der Waals surface area contributed by atoms with Gasteiger partial charge in [-0.25, -0.2) is 0 Å². The summed E-state index contributed by atoms with van der Waals surface area (Å²) in [7, 11) is 0. The lowest BCUT2D eigenvalue weighted by atomic mass is 10.0. The van der Waals surface area contributed by atoms with Gasteiger partial charge in [0.2, 0.25) is 0 Å². The van der Waals surface area contributed by atoms with Crippen LogP contribution in [-0.4, -0.2) is 37.2 Å². The van der Waals surface area contributed by atoms with Crippen molar-refractivity contribution in [1.82, 2.24) is 0 Å². The van der Waals surface area contributed by atoms with E-state index in [2.05, 4.69) is 57.2 Å². The predicted octanol–water partition coefficient (Wildman–Crippen LogP) is 23.9. The minimum Gasteiger partial charge on any atom is -0.462 e. The number of allylic oxidation sites excluding steroid dienone is 6. The fourth-order valence-corrected chi connectivity index (χ4v) is 10.6. The van der Waals surface area contributed by atoms with E-state index in [-0.39, 0.29) is 31.1 Å². The molecule has 0 saturated heterocycles. The van der Waals surface area contributed by atoms with E-state index in [4.69, 9.17) is 14.2 Å². The van der Waals surface area contributed by atoms with Crippen LogP contribution in [0.5, 0.6) is 0 Å². The molecule has 1 atom stereocenters. The van der Waals surface area contributed by atoms with Crippen molar-refractivity contribution in [2.45, 2.75) is 393 Å². The lowest BCUT2D eigenvalue weighted by Gasteiger charge is -2.18. The first-order chi connectivity index (χ1) is 38.5. The summed E-state index contributed by atoms with van der Waals surface area (Å²) in [5, 5.41) is 0. The molecule has 0 saturated carbocycles. The van der Waals surface area contributed by atoms with E-state index in [0.29, 0.717) is 19.3 Å². The van der Waals surface area contributed by atoms with Crippen molar-refractivity contribution < 1.29 is 28.6 Å². The Balaban J connectivity index is 4.28. The standard InChI is InChI=1S/C72H134O6/c1-4-7-10-13-16-19-22-25-28-30-32-34-35-36-37-38-40-41-44-47-50-53-56-59-62-65-71(74)77-68-69(67-76-70(73)64-61-58-55-52-49-46-43-27-24-21-18-15-12-9-6-3)78-72(75)66-63-60-57-54-51-48-45-42-39-33-31-29-26-23-20-17-14-11-8-5-2/h22,25,30,32,35-36,69H,4-21,23-24,26-29,31,33-34,37-68H2,1-3H3/b25-22-,32-30-,36-35-. The van der Waals surface area contributed by atoms with Crippen LogP contribution in [-0.2, 0) is 28.6 Å². The summed E-state index contributed by atoms with van der Waals surface area (Å²) in [6, 6.07) is 0. The second-order valence-electron chi connectivity index (χ2n) is 23.8. The van der Waals surface area contributed by atoms with Gasteiger partial charge in [0.15, 0.2) is 6.10 Å². The molecule has 1 unspecified atom stereocenters. The van der Waals surface area contributed by atoms with Crippen molar-refractivity contribution in [2.75, 3.05) is 13.2 Å². The maximum absolute atomic E-state index is 12.9. The maximum atomic E-state index is 12.9. The van der Waals surface area contributed by atoms with Gasteiger partial charge in [0.1, 0.15) is 13.2 Å². The lowest BCUT2D eigenvalue weighted by Crippen LogP contribution is -2.30. The van der Waals surface area contributed by atoms with Crippen LogP contribution in [0.25, 0.3) is 0 Å². The molecule has 0 spiro atoms. The summed E-state index contributed by atoms with van der Waals surface area (Å²) in [5.74, 6) is -0.840. The second-order valence-corrected chi connectivity index (χ2v) is 23.8. The molecule has 0 aromatic rings. The van der Waals surface area contributed by atoms with Crippen molar-refractivity contribution in [1.29, 1.82) is 0 Å². The van der Waals surface area contributed by atoms with E-state index in [1.807, 2.05) is 0 Å². The van der Waals surface area contributed by atoms with Gasteiger partial charge in [0.05, 0.1) is 0 Å². The van der Waals surface area contributed by atoms with E-state index >= 15 is 0 Å².